The van der Waals surface area contributed by atoms with Crippen LogP contribution in [0.5, 0.6) is 5.75 Å². The Morgan fingerprint density at radius 1 is 0.894 bits per heavy atom. The normalized spacial score (nSPS) is 12.0. The van der Waals surface area contributed by atoms with Gasteiger partial charge in [0.2, 0.25) is 11.8 Å². The summed E-state index contributed by atoms with van der Waals surface area (Å²) in [6.07, 6.45) is 2.11. The quantitative estimate of drug-likeness (QED) is 0.137. The molecular weight excluding hydrogens is 654 g/mol. The van der Waals surface area contributed by atoms with Crippen molar-refractivity contribution in [2.24, 2.45) is 0 Å². The average Bonchev–Trinajstić information content (AvgIpc) is 3.06. The van der Waals surface area contributed by atoms with Gasteiger partial charge < -0.3 is 15.0 Å². The smallest absolute Gasteiger partial charge is 0.264 e. The molecule has 8 nitrogen and oxygen atoms in total. The van der Waals surface area contributed by atoms with Gasteiger partial charge in [-0.1, -0.05) is 72.3 Å². The number of carbonyl (C=O) groups is 2. The minimum Gasteiger partial charge on any atom is -0.492 e. The maximum absolute atomic E-state index is 14.7. The Bertz CT molecular complexity index is 1750. The molecule has 0 aliphatic carbocycles. The lowest BCUT2D eigenvalue weighted by molar-refractivity contribution is -0.140. The number of halogens is 1. The zero-order valence-electron chi connectivity index (χ0n) is 26.9. The summed E-state index contributed by atoms with van der Waals surface area (Å²) in [6, 6.07) is 28.5. The van der Waals surface area contributed by atoms with E-state index in [1.54, 1.807) is 67.6 Å². The van der Waals surface area contributed by atoms with Crippen molar-refractivity contribution in [1.82, 2.24) is 10.2 Å². The van der Waals surface area contributed by atoms with Crippen LogP contribution < -0.4 is 14.4 Å². The van der Waals surface area contributed by atoms with Gasteiger partial charge in [0, 0.05) is 28.9 Å². The minimum atomic E-state index is -4.28. The van der Waals surface area contributed by atoms with Crippen LogP contribution in [0.25, 0.3) is 0 Å². The monoisotopic (exact) mass is 693 g/mol. The van der Waals surface area contributed by atoms with E-state index < -0.39 is 28.5 Å². The molecule has 4 rings (SSSR count). The van der Waals surface area contributed by atoms with Crippen molar-refractivity contribution >= 4 is 50.9 Å². The molecule has 0 radical (unpaired) electrons. The SMILES string of the molecule is CCOc1ccccc1N(CC(=O)N(Cc1ccccc1Cl)C(Cc1ccccc1)C(=O)NC(C)C)S(=O)(=O)c1ccc(SC)cc1. The standard InChI is InChI=1S/C36H40ClN3O5S2/c1-5-45-34-18-12-11-17-32(34)40(47(43,44)30-21-19-29(46-4)20-22-30)25-35(41)39(24-28-15-9-10-16-31(28)37)33(36(42)38-26(2)3)23-27-13-7-6-8-14-27/h6-22,26,33H,5,23-25H2,1-4H3,(H,38,42). The van der Waals surface area contributed by atoms with E-state index in [1.807, 2.05) is 50.4 Å². The molecule has 0 aliphatic heterocycles. The highest BCUT2D eigenvalue weighted by molar-refractivity contribution is 7.98. The van der Waals surface area contributed by atoms with E-state index in [4.69, 9.17) is 16.3 Å². The predicted octanol–water partition coefficient (Wildman–Crippen LogP) is 6.82. The van der Waals surface area contributed by atoms with Crippen molar-refractivity contribution in [2.45, 2.75) is 55.6 Å². The van der Waals surface area contributed by atoms with E-state index in [0.29, 0.717) is 16.3 Å². The van der Waals surface area contributed by atoms with Gasteiger partial charge in [-0.05, 0) is 80.6 Å². The molecule has 0 fully saturated rings. The van der Waals surface area contributed by atoms with Gasteiger partial charge >= 0.3 is 0 Å². The number of hydrogen-bond acceptors (Lipinski definition) is 6. The fourth-order valence-electron chi connectivity index (χ4n) is 5.07. The summed E-state index contributed by atoms with van der Waals surface area (Å²) >= 11 is 8.06. The maximum atomic E-state index is 14.7. The number of ether oxygens (including phenoxy) is 1. The Kier molecular flexibility index (Phi) is 12.8. The van der Waals surface area contributed by atoms with E-state index in [9.17, 15) is 18.0 Å². The lowest BCUT2D eigenvalue weighted by Gasteiger charge is -2.34. The first-order valence-electron chi connectivity index (χ1n) is 15.3. The third kappa shape index (κ3) is 9.31. The molecule has 1 unspecified atom stereocenters. The van der Waals surface area contributed by atoms with Gasteiger partial charge in [-0.15, -0.1) is 11.8 Å². The molecular formula is C36H40ClN3O5S2. The predicted molar refractivity (Wildman–Crippen MR) is 190 cm³/mol. The van der Waals surface area contributed by atoms with Crippen molar-refractivity contribution in [2.75, 3.05) is 23.7 Å². The number of nitrogens with zero attached hydrogens (tertiary/aromatic N) is 2. The second-order valence-electron chi connectivity index (χ2n) is 11.1. The Hall–Kier alpha value is -3.99. The van der Waals surface area contributed by atoms with Crippen LogP contribution in [0.1, 0.15) is 31.9 Å². The van der Waals surface area contributed by atoms with Gasteiger partial charge in [0.1, 0.15) is 18.3 Å². The van der Waals surface area contributed by atoms with Gasteiger partial charge in [-0.2, -0.15) is 0 Å². The van der Waals surface area contributed by atoms with Crippen molar-refractivity contribution in [3.05, 3.63) is 119 Å². The Balaban J connectivity index is 1.85. The van der Waals surface area contributed by atoms with Crippen LogP contribution in [0.3, 0.4) is 0 Å². The molecule has 0 heterocycles. The van der Waals surface area contributed by atoms with Crippen molar-refractivity contribution in [3.63, 3.8) is 0 Å². The molecule has 0 spiro atoms. The third-order valence-electron chi connectivity index (χ3n) is 7.36. The number of para-hydroxylation sites is 2. The molecule has 0 saturated carbocycles. The van der Waals surface area contributed by atoms with E-state index in [1.165, 1.54) is 28.8 Å². The van der Waals surface area contributed by atoms with Crippen LogP contribution >= 0.6 is 23.4 Å². The zero-order chi connectivity index (χ0) is 34.0. The van der Waals surface area contributed by atoms with Crippen molar-refractivity contribution in [3.8, 4) is 5.75 Å². The highest BCUT2D eigenvalue weighted by Crippen LogP contribution is 2.33. The summed E-state index contributed by atoms with van der Waals surface area (Å²) in [5.41, 5.74) is 1.67. The molecule has 2 amide bonds. The first-order valence-corrected chi connectivity index (χ1v) is 18.3. The highest BCUT2D eigenvalue weighted by atomic mass is 35.5. The number of nitrogens with one attached hydrogen (secondary N) is 1. The number of sulfonamides is 1. The molecule has 1 N–H and O–H groups in total. The maximum Gasteiger partial charge on any atom is 0.264 e. The number of thioether (sulfide) groups is 1. The van der Waals surface area contributed by atoms with Crippen LogP contribution in [0.15, 0.2) is 113 Å². The number of anilines is 1. The summed E-state index contributed by atoms with van der Waals surface area (Å²) in [4.78, 5) is 30.9. The number of rotatable bonds is 15. The fraction of sp³-hybridized carbons (Fsp3) is 0.278. The largest absolute Gasteiger partial charge is 0.492 e. The topological polar surface area (TPSA) is 96.0 Å². The van der Waals surface area contributed by atoms with Crippen LogP contribution in [-0.2, 0) is 32.6 Å². The Labute approximate surface area is 287 Å². The summed E-state index contributed by atoms with van der Waals surface area (Å²) < 4.78 is 35.7. The molecule has 248 valence electrons. The average molecular weight is 694 g/mol. The molecule has 11 heteroatoms. The molecule has 0 saturated heterocycles. The second kappa shape index (κ2) is 16.7. The van der Waals surface area contributed by atoms with E-state index in [-0.39, 0.29) is 42.1 Å². The zero-order valence-corrected chi connectivity index (χ0v) is 29.3. The summed E-state index contributed by atoms with van der Waals surface area (Å²) in [5, 5.41) is 3.38. The molecule has 4 aromatic rings. The lowest BCUT2D eigenvalue weighted by atomic mass is 10.0. The number of benzene rings is 4. The molecule has 4 aromatic carbocycles. The molecule has 1 atom stereocenters. The number of carbonyl (C=O) groups excluding carboxylic acids is 2. The first-order chi connectivity index (χ1) is 22.5. The molecule has 47 heavy (non-hydrogen) atoms. The van der Waals surface area contributed by atoms with Crippen molar-refractivity contribution in [1.29, 1.82) is 0 Å². The summed E-state index contributed by atoms with van der Waals surface area (Å²) in [7, 11) is -4.28. The molecule has 0 aromatic heterocycles. The number of amides is 2. The molecule has 0 aliphatic rings. The molecule has 0 bridgehead atoms. The van der Waals surface area contributed by atoms with Gasteiger partial charge in [-0.3, -0.25) is 13.9 Å². The highest BCUT2D eigenvalue weighted by Gasteiger charge is 2.36. The van der Waals surface area contributed by atoms with Crippen LogP contribution in [-0.4, -0.2) is 56.6 Å². The van der Waals surface area contributed by atoms with Gasteiger partial charge in [-0.25, -0.2) is 8.42 Å². The van der Waals surface area contributed by atoms with E-state index >= 15 is 0 Å². The first kappa shape index (κ1) is 35.9. The minimum absolute atomic E-state index is 0.0189. The Morgan fingerprint density at radius 3 is 2.17 bits per heavy atom. The van der Waals surface area contributed by atoms with Gasteiger partial charge in [0.15, 0.2) is 0 Å². The summed E-state index contributed by atoms with van der Waals surface area (Å²) in [6.45, 7) is 5.16. The second-order valence-corrected chi connectivity index (χ2v) is 14.2. The van der Waals surface area contributed by atoms with E-state index in [0.717, 1.165) is 14.8 Å². The number of hydrogen-bond donors (Lipinski definition) is 1. The lowest BCUT2D eigenvalue weighted by Crippen LogP contribution is -2.54. The van der Waals surface area contributed by atoms with Crippen LogP contribution in [0.4, 0.5) is 5.69 Å². The van der Waals surface area contributed by atoms with Crippen LogP contribution in [0, 0.1) is 0 Å². The third-order valence-corrected chi connectivity index (χ3v) is 10.2. The van der Waals surface area contributed by atoms with Gasteiger partial charge in [0.25, 0.3) is 10.0 Å². The van der Waals surface area contributed by atoms with Crippen molar-refractivity contribution < 1.29 is 22.7 Å². The Morgan fingerprint density at radius 2 is 1.53 bits per heavy atom. The van der Waals surface area contributed by atoms with Gasteiger partial charge in [0.05, 0.1) is 17.2 Å². The van der Waals surface area contributed by atoms with E-state index in [2.05, 4.69) is 5.32 Å². The fourth-order valence-corrected chi connectivity index (χ4v) is 7.10. The van der Waals surface area contributed by atoms with Crippen LogP contribution in [0.2, 0.25) is 5.02 Å². The summed E-state index contributed by atoms with van der Waals surface area (Å²) in [5.74, 6) is -0.635.